The average molecular weight is 221 g/mol. The first-order valence-corrected chi connectivity index (χ1v) is 5.93. The van der Waals surface area contributed by atoms with Crippen LogP contribution in [0.25, 0.3) is 0 Å². The monoisotopic (exact) mass is 221 g/mol. The fourth-order valence-corrected chi connectivity index (χ4v) is 1.44. The highest BCUT2D eigenvalue weighted by Crippen LogP contribution is 2.17. The Hall–Kier alpha value is -1.31. The fourth-order valence-electron chi connectivity index (χ4n) is 1.44. The molecule has 16 heavy (non-hydrogen) atoms. The van der Waals surface area contributed by atoms with Crippen molar-refractivity contribution in [1.29, 1.82) is 0 Å². The maximum atomic E-state index is 11.4. The van der Waals surface area contributed by atoms with Gasteiger partial charge >= 0.3 is 0 Å². The molecule has 0 atom stereocenters. The first-order chi connectivity index (χ1) is 7.65. The zero-order valence-electron chi connectivity index (χ0n) is 10.9. The van der Waals surface area contributed by atoms with E-state index in [0.717, 1.165) is 18.7 Å². The summed E-state index contributed by atoms with van der Waals surface area (Å²) >= 11 is 0. The van der Waals surface area contributed by atoms with Crippen molar-refractivity contribution in [1.82, 2.24) is 4.90 Å². The molecule has 0 unspecified atom stereocenters. The first kappa shape index (κ1) is 14.7. The molecule has 0 aromatic rings. The summed E-state index contributed by atoms with van der Waals surface area (Å²) in [4.78, 5) is 13.2. The zero-order valence-corrected chi connectivity index (χ0v) is 10.9. The molecule has 1 amide bonds. The lowest BCUT2D eigenvalue weighted by atomic mass is 10.2. The van der Waals surface area contributed by atoms with Crippen molar-refractivity contribution < 1.29 is 4.79 Å². The van der Waals surface area contributed by atoms with E-state index in [1.807, 2.05) is 39.8 Å². The van der Waals surface area contributed by atoms with Gasteiger partial charge in [0.15, 0.2) is 0 Å². The van der Waals surface area contributed by atoms with Crippen molar-refractivity contribution in [2.24, 2.45) is 0 Å². The smallest absolute Gasteiger partial charge is 0.227 e. The molecule has 2 heteroatoms. The van der Waals surface area contributed by atoms with Gasteiger partial charge in [-0.15, -0.1) is 0 Å². The molecule has 2 nitrogen and oxygen atoms in total. The van der Waals surface area contributed by atoms with Crippen LogP contribution >= 0.6 is 0 Å². The Balaban J connectivity index is 0.00000106. The highest BCUT2D eigenvalue weighted by Gasteiger charge is 2.21. The van der Waals surface area contributed by atoms with E-state index in [4.69, 9.17) is 0 Å². The Morgan fingerprint density at radius 2 is 1.94 bits per heavy atom. The minimum absolute atomic E-state index is 0.207. The molecule has 1 rings (SSSR count). The van der Waals surface area contributed by atoms with Crippen LogP contribution in [0.4, 0.5) is 0 Å². The topological polar surface area (TPSA) is 20.3 Å². The van der Waals surface area contributed by atoms with E-state index in [-0.39, 0.29) is 5.91 Å². The van der Waals surface area contributed by atoms with Gasteiger partial charge in [-0.3, -0.25) is 4.79 Å². The summed E-state index contributed by atoms with van der Waals surface area (Å²) < 4.78 is 0. The average Bonchev–Trinajstić information content (AvgIpc) is 2.69. The number of carbonyl (C=O) groups excluding carboxylic acids is 1. The Kier molecular flexibility index (Phi) is 7.27. The lowest BCUT2D eigenvalue weighted by Crippen LogP contribution is -2.22. The van der Waals surface area contributed by atoms with Crippen LogP contribution in [-0.4, -0.2) is 17.4 Å². The van der Waals surface area contributed by atoms with Crippen LogP contribution < -0.4 is 0 Å². The number of nitrogens with zero attached hydrogens (tertiary/aromatic N) is 1. The van der Waals surface area contributed by atoms with Gasteiger partial charge < -0.3 is 4.90 Å². The van der Waals surface area contributed by atoms with Crippen LogP contribution in [0.15, 0.2) is 36.1 Å². The van der Waals surface area contributed by atoms with Gasteiger partial charge in [0.05, 0.1) is 0 Å². The molecule has 0 aliphatic carbocycles. The largest absolute Gasteiger partial charge is 0.312 e. The lowest BCUT2D eigenvalue weighted by molar-refractivity contribution is -0.125. The standard InChI is InChI=1S/C12H17NO.C2H6/c1-4-11(8-7-10(2)3)13-9-5-6-12(13)14;1-2/h4,7-8H,1,5-6,9H2,2-3H3;1-2H3/b11-8+;. The van der Waals surface area contributed by atoms with Crippen molar-refractivity contribution in [3.8, 4) is 0 Å². The summed E-state index contributed by atoms with van der Waals surface area (Å²) in [6, 6.07) is 0. The fraction of sp³-hybridized carbons (Fsp3) is 0.500. The molecule has 1 saturated heterocycles. The number of amides is 1. The second kappa shape index (κ2) is 7.91. The molecule has 0 radical (unpaired) electrons. The van der Waals surface area contributed by atoms with Crippen LogP contribution in [0.5, 0.6) is 0 Å². The molecule has 90 valence electrons. The Morgan fingerprint density at radius 1 is 1.31 bits per heavy atom. The number of likely N-dealkylation sites (tertiary alicyclic amines) is 1. The van der Waals surface area contributed by atoms with Gasteiger partial charge in [-0.2, -0.15) is 0 Å². The zero-order chi connectivity index (χ0) is 12.6. The van der Waals surface area contributed by atoms with E-state index in [2.05, 4.69) is 6.58 Å². The Bertz CT molecular complexity index is 296. The third kappa shape index (κ3) is 4.47. The lowest BCUT2D eigenvalue weighted by Gasteiger charge is -2.15. The number of carbonyl (C=O) groups is 1. The predicted octanol–water partition coefficient (Wildman–Crippen LogP) is 3.67. The summed E-state index contributed by atoms with van der Waals surface area (Å²) in [7, 11) is 0. The van der Waals surface area contributed by atoms with Crippen molar-refractivity contribution in [3.05, 3.63) is 36.1 Å². The van der Waals surface area contributed by atoms with Gasteiger partial charge in [-0.25, -0.2) is 0 Å². The summed E-state index contributed by atoms with van der Waals surface area (Å²) in [5.74, 6) is 0.207. The molecule has 1 heterocycles. The third-order valence-electron chi connectivity index (χ3n) is 2.18. The van der Waals surface area contributed by atoms with E-state index in [1.165, 1.54) is 5.57 Å². The minimum atomic E-state index is 0.207. The van der Waals surface area contributed by atoms with Gasteiger partial charge in [0.25, 0.3) is 0 Å². The molecular formula is C14H23NO. The van der Waals surface area contributed by atoms with Gasteiger partial charge in [-0.1, -0.05) is 32.1 Å². The van der Waals surface area contributed by atoms with Gasteiger partial charge in [0.2, 0.25) is 5.91 Å². The molecule has 0 saturated carbocycles. The third-order valence-corrected chi connectivity index (χ3v) is 2.18. The molecular weight excluding hydrogens is 198 g/mol. The SMILES string of the molecule is C=C/C(=C\C=C(C)C)N1CCCC1=O.CC. The summed E-state index contributed by atoms with van der Waals surface area (Å²) in [5, 5.41) is 0. The maximum Gasteiger partial charge on any atom is 0.227 e. The van der Waals surface area contributed by atoms with E-state index in [1.54, 1.807) is 11.0 Å². The molecule has 0 aromatic carbocycles. The van der Waals surface area contributed by atoms with Crippen molar-refractivity contribution in [2.45, 2.75) is 40.5 Å². The van der Waals surface area contributed by atoms with Gasteiger partial charge in [0.1, 0.15) is 0 Å². The molecule has 1 aliphatic heterocycles. The predicted molar refractivity (Wildman–Crippen MR) is 70.0 cm³/mol. The molecule has 1 fully saturated rings. The first-order valence-electron chi connectivity index (χ1n) is 5.93. The van der Waals surface area contributed by atoms with Crippen molar-refractivity contribution in [2.75, 3.05) is 6.54 Å². The van der Waals surface area contributed by atoms with Crippen molar-refractivity contribution >= 4 is 5.91 Å². The van der Waals surface area contributed by atoms with E-state index in [0.29, 0.717) is 6.42 Å². The number of hydrogen-bond donors (Lipinski definition) is 0. The minimum Gasteiger partial charge on any atom is -0.312 e. The van der Waals surface area contributed by atoms with E-state index in [9.17, 15) is 4.79 Å². The van der Waals surface area contributed by atoms with Crippen LogP contribution in [-0.2, 0) is 4.79 Å². The van der Waals surface area contributed by atoms with E-state index >= 15 is 0 Å². The second-order valence-corrected chi connectivity index (χ2v) is 3.69. The van der Waals surface area contributed by atoms with E-state index < -0.39 is 0 Å². The van der Waals surface area contributed by atoms with Crippen molar-refractivity contribution in [3.63, 3.8) is 0 Å². The van der Waals surface area contributed by atoms with Crippen LogP contribution in [0.2, 0.25) is 0 Å². The summed E-state index contributed by atoms with van der Waals surface area (Å²) in [6.45, 7) is 12.6. The number of allylic oxidation sites excluding steroid dienone is 4. The van der Waals surface area contributed by atoms with Gasteiger partial charge in [0, 0.05) is 18.7 Å². The molecule has 0 aromatic heterocycles. The highest BCUT2D eigenvalue weighted by atomic mass is 16.2. The highest BCUT2D eigenvalue weighted by molar-refractivity contribution is 5.80. The number of hydrogen-bond acceptors (Lipinski definition) is 1. The summed E-state index contributed by atoms with van der Waals surface area (Å²) in [5.41, 5.74) is 2.13. The van der Waals surface area contributed by atoms with Crippen LogP contribution in [0.1, 0.15) is 40.5 Å². The van der Waals surface area contributed by atoms with Crippen LogP contribution in [0.3, 0.4) is 0 Å². The number of rotatable bonds is 3. The molecule has 0 spiro atoms. The molecule has 0 N–H and O–H groups in total. The normalized spacial score (nSPS) is 15.4. The maximum absolute atomic E-state index is 11.4. The summed E-state index contributed by atoms with van der Waals surface area (Å²) in [6.07, 6.45) is 7.32. The second-order valence-electron chi connectivity index (χ2n) is 3.69. The molecule has 1 aliphatic rings. The quantitative estimate of drug-likeness (QED) is 0.666. The molecule has 0 bridgehead atoms. The van der Waals surface area contributed by atoms with Gasteiger partial charge in [-0.05, 0) is 32.4 Å². The Labute approximate surface area is 99.3 Å². The Morgan fingerprint density at radius 3 is 2.31 bits per heavy atom. The van der Waals surface area contributed by atoms with Crippen LogP contribution in [0, 0.1) is 0 Å².